The van der Waals surface area contributed by atoms with E-state index >= 15 is 0 Å². The highest BCUT2D eigenvalue weighted by Crippen LogP contribution is 2.16. The molecule has 2 rings (SSSR count). The van der Waals surface area contributed by atoms with Crippen LogP contribution in [0.25, 0.3) is 0 Å². The van der Waals surface area contributed by atoms with Crippen molar-refractivity contribution in [3.63, 3.8) is 0 Å². The monoisotopic (exact) mass is 216 g/mol. The number of nitrogens with one attached hydrogen (secondary N) is 1. The zero-order valence-corrected chi connectivity index (χ0v) is 9.35. The molecular weight excluding hydrogens is 200 g/mol. The summed E-state index contributed by atoms with van der Waals surface area (Å²) in [4.78, 5) is 6.82. The molecule has 1 unspecified atom stereocenters. The standard InChI is InChI=1S/C13H16N2O/c1-10-3-2-4-11(7-10)5-6-13(16)12-8-14-9-15-12/h2-4,7-9,13,16H,5-6H2,1H3,(H,14,15). The van der Waals surface area contributed by atoms with Crippen LogP contribution in [0.2, 0.25) is 0 Å². The van der Waals surface area contributed by atoms with E-state index in [1.807, 2.05) is 6.07 Å². The van der Waals surface area contributed by atoms with Gasteiger partial charge in [0.2, 0.25) is 0 Å². The average Bonchev–Trinajstić information content (AvgIpc) is 2.79. The van der Waals surface area contributed by atoms with E-state index in [2.05, 4.69) is 35.1 Å². The van der Waals surface area contributed by atoms with Crippen LogP contribution in [0, 0.1) is 6.92 Å². The Morgan fingerprint density at radius 3 is 3.00 bits per heavy atom. The Hall–Kier alpha value is -1.61. The number of imidazole rings is 1. The molecule has 2 aromatic rings. The molecule has 1 heterocycles. The van der Waals surface area contributed by atoms with Crippen molar-refractivity contribution in [3.8, 4) is 0 Å². The summed E-state index contributed by atoms with van der Waals surface area (Å²) in [5, 5.41) is 9.87. The fourth-order valence-corrected chi connectivity index (χ4v) is 1.78. The molecule has 0 saturated heterocycles. The maximum absolute atomic E-state index is 9.87. The topological polar surface area (TPSA) is 48.9 Å². The van der Waals surface area contributed by atoms with Crippen LogP contribution in [0.15, 0.2) is 36.8 Å². The second kappa shape index (κ2) is 4.94. The maximum atomic E-state index is 9.87. The third kappa shape index (κ3) is 2.70. The number of H-pyrrole nitrogens is 1. The van der Waals surface area contributed by atoms with E-state index in [0.29, 0.717) is 6.42 Å². The highest BCUT2D eigenvalue weighted by molar-refractivity contribution is 5.22. The van der Waals surface area contributed by atoms with Crippen molar-refractivity contribution in [1.29, 1.82) is 0 Å². The van der Waals surface area contributed by atoms with E-state index in [1.54, 1.807) is 12.5 Å². The second-order valence-electron chi connectivity index (χ2n) is 4.05. The number of rotatable bonds is 4. The Labute approximate surface area is 95.2 Å². The van der Waals surface area contributed by atoms with Gasteiger partial charge in [0.25, 0.3) is 0 Å². The molecule has 0 saturated carbocycles. The van der Waals surface area contributed by atoms with Gasteiger partial charge in [-0.2, -0.15) is 0 Å². The Morgan fingerprint density at radius 2 is 2.31 bits per heavy atom. The molecule has 0 amide bonds. The molecule has 0 aliphatic rings. The zero-order valence-electron chi connectivity index (χ0n) is 9.35. The van der Waals surface area contributed by atoms with Crippen molar-refractivity contribution in [1.82, 2.24) is 9.97 Å². The van der Waals surface area contributed by atoms with Crippen LogP contribution in [0.4, 0.5) is 0 Å². The Bertz CT molecular complexity index is 437. The number of nitrogens with zero attached hydrogens (tertiary/aromatic N) is 1. The van der Waals surface area contributed by atoms with Crippen LogP contribution >= 0.6 is 0 Å². The summed E-state index contributed by atoms with van der Waals surface area (Å²) < 4.78 is 0. The number of hydrogen-bond acceptors (Lipinski definition) is 2. The third-order valence-electron chi connectivity index (χ3n) is 2.67. The van der Waals surface area contributed by atoms with Crippen LogP contribution in [-0.4, -0.2) is 15.1 Å². The Kier molecular flexibility index (Phi) is 3.37. The summed E-state index contributed by atoms with van der Waals surface area (Å²) >= 11 is 0. The molecule has 2 N–H and O–H groups in total. The molecule has 3 nitrogen and oxygen atoms in total. The molecule has 1 atom stereocenters. The number of hydrogen-bond donors (Lipinski definition) is 2. The van der Waals surface area contributed by atoms with Crippen molar-refractivity contribution in [2.24, 2.45) is 0 Å². The second-order valence-corrected chi connectivity index (χ2v) is 4.05. The zero-order chi connectivity index (χ0) is 11.4. The van der Waals surface area contributed by atoms with Crippen LogP contribution in [0.3, 0.4) is 0 Å². The number of aromatic nitrogens is 2. The molecule has 1 aromatic heterocycles. The molecule has 0 aliphatic heterocycles. The summed E-state index contributed by atoms with van der Waals surface area (Å²) in [5.41, 5.74) is 3.31. The lowest BCUT2D eigenvalue weighted by atomic mass is 10.0. The molecule has 0 radical (unpaired) electrons. The van der Waals surface area contributed by atoms with Gasteiger partial charge in [-0.25, -0.2) is 4.98 Å². The smallest absolute Gasteiger partial charge is 0.0956 e. The third-order valence-corrected chi connectivity index (χ3v) is 2.67. The summed E-state index contributed by atoms with van der Waals surface area (Å²) in [6.07, 6.45) is 4.39. The predicted octanol–water partition coefficient (Wildman–Crippen LogP) is 2.38. The highest BCUT2D eigenvalue weighted by Gasteiger charge is 2.08. The lowest BCUT2D eigenvalue weighted by Crippen LogP contribution is -2.00. The van der Waals surface area contributed by atoms with Gasteiger partial charge in [-0.1, -0.05) is 29.8 Å². The van der Waals surface area contributed by atoms with E-state index in [0.717, 1.165) is 12.1 Å². The Morgan fingerprint density at radius 1 is 1.44 bits per heavy atom. The molecule has 3 heteroatoms. The summed E-state index contributed by atoms with van der Waals surface area (Å²) in [6, 6.07) is 8.37. The van der Waals surface area contributed by atoms with E-state index in [-0.39, 0.29) is 0 Å². The summed E-state index contributed by atoms with van der Waals surface area (Å²) in [5.74, 6) is 0. The summed E-state index contributed by atoms with van der Waals surface area (Å²) in [7, 11) is 0. The van der Waals surface area contributed by atoms with Gasteiger partial charge in [0.1, 0.15) is 0 Å². The number of aryl methyl sites for hydroxylation is 2. The van der Waals surface area contributed by atoms with Gasteiger partial charge in [-0.05, 0) is 25.3 Å². The van der Waals surface area contributed by atoms with Gasteiger partial charge in [-0.3, -0.25) is 0 Å². The first-order valence-electron chi connectivity index (χ1n) is 5.47. The molecule has 0 bridgehead atoms. The van der Waals surface area contributed by atoms with E-state index in [1.165, 1.54) is 11.1 Å². The van der Waals surface area contributed by atoms with Gasteiger partial charge in [0.05, 0.1) is 24.3 Å². The fraction of sp³-hybridized carbons (Fsp3) is 0.308. The maximum Gasteiger partial charge on any atom is 0.0956 e. The van der Waals surface area contributed by atoms with E-state index in [4.69, 9.17) is 0 Å². The average molecular weight is 216 g/mol. The van der Waals surface area contributed by atoms with Gasteiger partial charge >= 0.3 is 0 Å². The fourth-order valence-electron chi connectivity index (χ4n) is 1.78. The number of benzene rings is 1. The van der Waals surface area contributed by atoms with Gasteiger partial charge in [0, 0.05) is 0 Å². The number of aromatic amines is 1. The molecule has 0 spiro atoms. The largest absolute Gasteiger partial charge is 0.387 e. The highest BCUT2D eigenvalue weighted by atomic mass is 16.3. The van der Waals surface area contributed by atoms with Gasteiger partial charge in [-0.15, -0.1) is 0 Å². The minimum Gasteiger partial charge on any atom is -0.387 e. The molecule has 0 aliphatic carbocycles. The Balaban J connectivity index is 1.92. The first-order chi connectivity index (χ1) is 7.75. The number of aliphatic hydroxyl groups is 1. The van der Waals surface area contributed by atoms with E-state index in [9.17, 15) is 5.11 Å². The van der Waals surface area contributed by atoms with Gasteiger partial charge < -0.3 is 10.1 Å². The van der Waals surface area contributed by atoms with Crippen molar-refractivity contribution in [3.05, 3.63) is 53.6 Å². The first-order valence-corrected chi connectivity index (χ1v) is 5.47. The molecule has 84 valence electrons. The van der Waals surface area contributed by atoms with E-state index < -0.39 is 6.10 Å². The molecule has 1 aromatic carbocycles. The van der Waals surface area contributed by atoms with Crippen LogP contribution in [0.5, 0.6) is 0 Å². The van der Waals surface area contributed by atoms with Crippen LogP contribution in [-0.2, 0) is 6.42 Å². The normalized spacial score (nSPS) is 12.6. The lowest BCUT2D eigenvalue weighted by Gasteiger charge is -2.08. The first kappa shape index (κ1) is 10.9. The lowest BCUT2D eigenvalue weighted by molar-refractivity contribution is 0.163. The van der Waals surface area contributed by atoms with Gasteiger partial charge in [0.15, 0.2) is 0 Å². The van der Waals surface area contributed by atoms with Crippen molar-refractivity contribution >= 4 is 0 Å². The van der Waals surface area contributed by atoms with Crippen molar-refractivity contribution in [2.75, 3.05) is 0 Å². The predicted molar refractivity (Wildman–Crippen MR) is 63.0 cm³/mol. The molecule has 16 heavy (non-hydrogen) atoms. The van der Waals surface area contributed by atoms with Crippen LogP contribution in [0.1, 0.15) is 29.3 Å². The van der Waals surface area contributed by atoms with Crippen molar-refractivity contribution < 1.29 is 5.11 Å². The molecular formula is C13H16N2O. The van der Waals surface area contributed by atoms with Crippen LogP contribution < -0.4 is 0 Å². The molecule has 0 fully saturated rings. The number of aliphatic hydroxyl groups excluding tert-OH is 1. The minimum absolute atomic E-state index is 0.456. The minimum atomic E-state index is -0.456. The SMILES string of the molecule is Cc1cccc(CCC(O)c2cnc[nH]2)c1. The summed E-state index contributed by atoms with van der Waals surface area (Å²) in [6.45, 7) is 2.08. The van der Waals surface area contributed by atoms with Crippen molar-refractivity contribution in [2.45, 2.75) is 25.9 Å². The quantitative estimate of drug-likeness (QED) is 0.824.